The molecule has 56 valence electrons. The highest BCUT2D eigenvalue weighted by atomic mass is 16.2. The van der Waals surface area contributed by atoms with E-state index in [0.29, 0.717) is 18.7 Å². The Morgan fingerprint density at radius 2 is 2.45 bits per heavy atom. The van der Waals surface area contributed by atoms with Gasteiger partial charge in [0.2, 0.25) is 0 Å². The van der Waals surface area contributed by atoms with Crippen LogP contribution in [-0.4, -0.2) is 18.7 Å². The van der Waals surface area contributed by atoms with Crippen molar-refractivity contribution in [2.24, 2.45) is 15.3 Å². The first-order chi connectivity index (χ1) is 5.38. The second-order valence-corrected chi connectivity index (χ2v) is 2.31. The Balaban J connectivity index is 2.37. The molecular weight excluding hydrogens is 144 g/mol. The summed E-state index contributed by atoms with van der Waals surface area (Å²) in [5.74, 6) is -0.255. The summed E-state index contributed by atoms with van der Waals surface area (Å²) in [6.07, 6.45) is 2.32. The van der Waals surface area contributed by atoms with E-state index in [0.717, 1.165) is 5.57 Å². The topological polar surface area (TPSA) is 66.2 Å². The van der Waals surface area contributed by atoms with E-state index in [1.807, 2.05) is 0 Å². The van der Waals surface area contributed by atoms with Crippen molar-refractivity contribution in [3.8, 4) is 0 Å². The molecule has 0 aromatic heterocycles. The number of azo groups is 1. The maximum Gasteiger partial charge on any atom is 0.291 e. The highest BCUT2D eigenvalue weighted by molar-refractivity contribution is 5.95. The Morgan fingerprint density at radius 1 is 1.55 bits per heavy atom. The van der Waals surface area contributed by atoms with Gasteiger partial charge in [0.25, 0.3) is 5.91 Å². The van der Waals surface area contributed by atoms with Crippen molar-refractivity contribution in [2.75, 3.05) is 6.54 Å². The minimum Gasteiger partial charge on any atom is -0.265 e. The first kappa shape index (κ1) is 6.21. The molecule has 11 heavy (non-hydrogen) atoms. The van der Waals surface area contributed by atoms with Crippen LogP contribution in [0.3, 0.4) is 0 Å². The minimum absolute atomic E-state index is 0.255. The molecule has 0 saturated heterocycles. The zero-order valence-corrected chi connectivity index (χ0v) is 5.74. The second-order valence-electron chi connectivity index (χ2n) is 2.31. The minimum atomic E-state index is -0.255. The van der Waals surface area contributed by atoms with Gasteiger partial charge in [-0.25, -0.2) is 5.43 Å². The van der Waals surface area contributed by atoms with Gasteiger partial charge in [-0.05, 0) is 5.57 Å². The fraction of sp³-hybridized carbons (Fsp3) is 0.333. The van der Waals surface area contributed by atoms with Crippen molar-refractivity contribution in [3.05, 3.63) is 11.3 Å². The number of rotatable bonds is 0. The summed E-state index contributed by atoms with van der Waals surface area (Å²) in [7, 11) is 0. The Bertz CT molecular complexity index is 289. The number of hydrazone groups is 1. The van der Waals surface area contributed by atoms with Crippen LogP contribution in [0.5, 0.6) is 0 Å². The standard InChI is InChI=1S/C6H6N4O/c11-6-5-4(3-8-9-5)1-2-7-10-6/h2H,1,3H2,(H,10,11). The molecule has 0 saturated carbocycles. The molecule has 0 aromatic carbocycles. The molecule has 1 N–H and O–H groups in total. The van der Waals surface area contributed by atoms with Gasteiger partial charge in [0, 0.05) is 12.6 Å². The molecule has 1 amide bonds. The second kappa shape index (κ2) is 2.26. The number of hydrogen-bond donors (Lipinski definition) is 1. The van der Waals surface area contributed by atoms with E-state index in [2.05, 4.69) is 20.8 Å². The van der Waals surface area contributed by atoms with Gasteiger partial charge in [-0.2, -0.15) is 10.2 Å². The lowest BCUT2D eigenvalue weighted by molar-refractivity contribution is -0.117. The van der Waals surface area contributed by atoms with E-state index in [9.17, 15) is 4.79 Å². The maximum absolute atomic E-state index is 11.1. The van der Waals surface area contributed by atoms with Crippen LogP contribution in [0.1, 0.15) is 6.42 Å². The molecule has 5 nitrogen and oxygen atoms in total. The zero-order chi connectivity index (χ0) is 7.68. The average molecular weight is 150 g/mol. The average Bonchev–Trinajstić information content (AvgIpc) is 2.40. The number of nitrogens with zero attached hydrogens (tertiary/aromatic N) is 3. The molecule has 2 rings (SSSR count). The van der Waals surface area contributed by atoms with Crippen LogP contribution in [0.25, 0.3) is 0 Å². The molecule has 0 radical (unpaired) electrons. The van der Waals surface area contributed by atoms with Gasteiger partial charge in [0.1, 0.15) is 0 Å². The van der Waals surface area contributed by atoms with E-state index in [-0.39, 0.29) is 5.91 Å². The SMILES string of the molecule is O=C1NN=CCC2=C1N=NC2. The van der Waals surface area contributed by atoms with E-state index >= 15 is 0 Å². The van der Waals surface area contributed by atoms with E-state index in [1.165, 1.54) is 0 Å². The summed E-state index contributed by atoms with van der Waals surface area (Å²) in [5.41, 5.74) is 3.72. The molecule has 0 atom stereocenters. The molecule has 0 aliphatic carbocycles. The number of carbonyl (C=O) groups is 1. The molecule has 0 bridgehead atoms. The Morgan fingerprint density at radius 3 is 3.36 bits per heavy atom. The fourth-order valence-corrected chi connectivity index (χ4v) is 1.02. The lowest BCUT2D eigenvalue weighted by Gasteiger charge is -1.93. The number of hydrogen-bond acceptors (Lipinski definition) is 4. The molecule has 0 fully saturated rings. The van der Waals surface area contributed by atoms with Gasteiger partial charge >= 0.3 is 0 Å². The fourth-order valence-electron chi connectivity index (χ4n) is 1.02. The van der Waals surface area contributed by atoms with Crippen LogP contribution in [-0.2, 0) is 4.79 Å². The summed E-state index contributed by atoms with van der Waals surface area (Å²) < 4.78 is 0. The normalized spacial score (nSPS) is 21.6. The molecule has 0 unspecified atom stereocenters. The van der Waals surface area contributed by atoms with Gasteiger partial charge < -0.3 is 0 Å². The van der Waals surface area contributed by atoms with Crippen molar-refractivity contribution < 1.29 is 4.79 Å². The molecule has 2 aliphatic heterocycles. The largest absolute Gasteiger partial charge is 0.291 e. The monoisotopic (exact) mass is 150 g/mol. The van der Waals surface area contributed by atoms with Gasteiger partial charge in [-0.1, -0.05) is 0 Å². The van der Waals surface area contributed by atoms with Gasteiger partial charge in [0.15, 0.2) is 5.70 Å². The van der Waals surface area contributed by atoms with Crippen LogP contribution >= 0.6 is 0 Å². The summed E-state index contributed by atoms with van der Waals surface area (Å²) in [6.45, 7) is 0.536. The van der Waals surface area contributed by atoms with Crippen molar-refractivity contribution in [2.45, 2.75) is 6.42 Å². The summed E-state index contributed by atoms with van der Waals surface area (Å²) in [6, 6.07) is 0. The quantitative estimate of drug-likeness (QED) is 0.527. The van der Waals surface area contributed by atoms with Crippen molar-refractivity contribution in [1.82, 2.24) is 5.43 Å². The maximum atomic E-state index is 11.1. The summed E-state index contributed by atoms with van der Waals surface area (Å²) >= 11 is 0. The third kappa shape index (κ3) is 0.938. The van der Waals surface area contributed by atoms with Crippen molar-refractivity contribution in [3.63, 3.8) is 0 Å². The van der Waals surface area contributed by atoms with E-state index in [1.54, 1.807) is 6.21 Å². The molecule has 0 aromatic rings. The van der Waals surface area contributed by atoms with Crippen LogP contribution in [0.4, 0.5) is 0 Å². The number of amides is 1. The highest BCUT2D eigenvalue weighted by Crippen LogP contribution is 2.18. The van der Waals surface area contributed by atoms with Crippen LogP contribution in [0.15, 0.2) is 26.6 Å². The lowest BCUT2D eigenvalue weighted by Crippen LogP contribution is -2.17. The third-order valence-corrected chi connectivity index (χ3v) is 1.58. The van der Waals surface area contributed by atoms with Crippen LogP contribution in [0.2, 0.25) is 0 Å². The Labute approximate surface area is 62.9 Å². The van der Waals surface area contributed by atoms with E-state index < -0.39 is 0 Å². The molecule has 5 heteroatoms. The number of carbonyl (C=O) groups excluding carboxylic acids is 1. The number of nitrogens with one attached hydrogen (secondary N) is 1. The van der Waals surface area contributed by atoms with Crippen molar-refractivity contribution in [1.29, 1.82) is 0 Å². The lowest BCUT2D eigenvalue weighted by atomic mass is 10.1. The smallest absolute Gasteiger partial charge is 0.265 e. The third-order valence-electron chi connectivity index (χ3n) is 1.58. The first-order valence-electron chi connectivity index (χ1n) is 3.29. The molecule has 0 spiro atoms. The Kier molecular flexibility index (Phi) is 1.28. The highest BCUT2D eigenvalue weighted by Gasteiger charge is 2.19. The van der Waals surface area contributed by atoms with Crippen LogP contribution < -0.4 is 5.43 Å². The molecule has 2 aliphatic rings. The zero-order valence-electron chi connectivity index (χ0n) is 5.74. The first-order valence-corrected chi connectivity index (χ1v) is 3.29. The van der Waals surface area contributed by atoms with Gasteiger partial charge in [-0.15, -0.1) is 5.11 Å². The predicted molar refractivity (Wildman–Crippen MR) is 38.0 cm³/mol. The Hall–Kier alpha value is -1.52. The summed E-state index contributed by atoms with van der Waals surface area (Å²) in [4.78, 5) is 11.1. The van der Waals surface area contributed by atoms with E-state index in [4.69, 9.17) is 0 Å². The molecular formula is C6H6N4O. The molecule has 2 heterocycles. The van der Waals surface area contributed by atoms with Gasteiger partial charge in [0.05, 0.1) is 6.54 Å². The predicted octanol–water partition coefficient (Wildman–Crippen LogP) is 0.212. The van der Waals surface area contributed by atoms with Gasteiger partial charge in [-0.3, -0.25) is 4.79 Å². The summed E-state index contributed by atoms with van der Waals surface area (Å²) in [5, 5.41) is 11.1. The van der Waals surface area contributed by atoms with Crippen molar-refractivity contribution >= 4 is 12.1 Å². The van der Waals surface area contributed by atoms with Crippen LogP contribution in [0, 0.1) is 0 Å².